The molecule has 1 aliphatic rings. The van der Waals surface area contributed by atoms with Crippen molar-refractivity contribution in [3.8, 4) is 0 Å². The van der Waals surface area contributed by atoms with Crippen molar-refractivity contribution in [1.29, 1.82) is 0 Å². The molecule has 1 saturated heterocycles. The second kappa shape index (κ2) is 8.73. The van der Waals surface area contributed by atoms with Crippen LogP contribution >= 0.6 is 11.6 Å². The van der Waals surface area contributed by atoms with Gasteiger partial charge in [-0.1, -0.05) is 11.6 Å². The normalized spacial score (nSPS) is 20.1. The fourth-order valence-electron chi connectivity index (χ4n) is 2.68. The van der Waals surface area contributed by atoms with E-state index < -0.39 is 29.9 Å². The summed E-state index contributed by atoms with van der Waals surface area (Å²) in [6, 6.07) is 0.871. The highest BCUT2D eigenvalue weighted by molar-refractivity contribution is 6.29. The molecule has 1 N–H and O–H groups in total. The molecule has 1 aliphatic heterocycles. The maximum atomic E-state index is 14.7. The van der Waals surface area contributed by atoms with Crippen LogP contribution in [0.4, 0.5) is 14.9 Å². The zero-order valence-electron chi connectivity index (χ0n) is 15.9. The first-order valence-electron chi connectivity index (χ1n) is 8.82. The Kier molecular flexibility index (Phi) is 6.86. The summed E-state index contributed by atoms with van der Waals surface area (Å²) in [6.07, 6.45) is -0.232. The number of halogens is 2. The molecule has 1 aromatic heterocycles. The van der Waals surface area contributed by atoms with E-state index in [-0.39, 0.29) is 23.9 Å². The van der Waals surface area contributed by atoms with Gasteiger partial charge in [-0.3, -0.25) is 0 Å². The summed E-state index contributed by atoms with van der Waals surface area (Å²) in [5.41, 5.74) is -0.102. The quantitative estimate of drug-likeness (QED) is 0.612. The molecular weight excluding hydrogens is 377 g/mol. The van der Waals surface area contributed by atoms with Crippen molar-refractivity contribution < 1.29 is 23.5 Å². The molecule has 2 rings (SSSR count). The monoisotopic (exact) mass is 401 g/mol. The molecule has 2 atom stereocenters. The van der Waals surface area contributed by atoms with E-state index in [9.17, 15) is 14.0 Å². The lowest BCUT2D eigenvalue weighted by Crippen LogP contribution is -2.51. The highest BCUT2D eigenvalue weighted by atomic mass is 35.5. The molecule has 0 bridgehead atoms. The van der Waals surface area contributed by atoms with Gasteiger partial charge in [0.25, 0.3) is 0 Å². The first-order chi connectivity index (χ1) is 12.6. The van der Waals surface area contributed by atoms with Crippen molar-refractivity contribution in [3.05, 3.63) is 23.0 Å². The predicted octanol–water partition coefficient (Wildman–Crippen LogP) is 3.67. The summed E-state index contributed by atoms with van der Waals surface area (Å²) in [5.74, 6) is -0.564. The van der Waals surface area contributed by atoms with Gasteiger partial charge in [0.2, 0.25) is 0 Å². The minimum atomic E-state index is -1.34. The topological polar surface area (TPSA) is 80.8 Å². The second-order valence-electron chi connectivity index (χ2n) is 7.25. The number of piperidine rings is 1. The van der Waals surface area contributed by atoms with Gasteiger partial charge < -0.3 is 19.7 Å². The molecule has 7 nitrogen and oxygen atoms in total. The second-order valence-corrected chi connectivity index (χ2v) is 7.64. The zero-order chi connectivity index (χ0) is 20.2. The molecule has 1 amide bonds. The maximum absolute atomic E-state index is 14.7. The van der Waals surface area contributed by atoms with E-state index in [1.54, 1.807) is 27.7 Å². The van der Waals surface area contributed by atoms with Crippen LogP contribution in [0, 0.1) is 0 Å². The Morgan fingerprint density at radius 3 is 2.74 bits per heavy atom. The third-order valence-electron chi connectivity index (χ3n) is 3.90. The number of anilines is 1. The summed E-state index contributed by atoms with van der Waals surface area (Å²) in [6.45, 7) is 7.42. The molecule has 0 spiro atoms. The number of carbonyl (C=O) groups excluding carboxylic acids is 2. The van der Waals surface area contributed by atoms with Gasteiger partial charge in [-0.15, -0.1) is 0 Å². The standard InChI is InChI=1S/C18H25ClFN3O4/c1-5-26-16(24)11-9-21-15(19)8-14(11)22-13-6-7-23(10-12(13)20)17(25)27-18(2,3)4/h8-9,12-13H,5-7,10H2,1-4H3,(H,21,22)/t12-,13+/m1/s1. The minimum Gasteiger partial charge on any atom is -0.462 e. The van der Waals surface area contributed by atoms with Crippen LogP contribution in [0.15, 0.2) is 12.3 Å². The van der Waals surface area contributed by atoms with Crippen molar-refractivity contribution >= 4 is 29.4 Å². The van der Waals surface area contributed by atoms with Crippen LogP contribution in [-0.4, -0.2) is 59.5 Å². The van der Waals surface area contributed by atoms with Gasteiger partial charge in [0.05, 0.1) is 24.9 Å². The zero-order valence-corrected chi connectivity index (χ0v) is 16.7. The van der Waals surface area contributed by atoms with E-state index >= 15 is 0 Å². The summed E-state index contributed by atoms with van der Waals surface area (Å²) < 4.78 is 25.0. The molecule has 1 fully saturated rings. The number of aromatic nitrogens is 1. The molecule has 0 aromatic carbocycles. The summed E-state index contributed by atoms with van der Waals surface area (Å²) in [5, 5.41) is 3.18. The molecular formula is C18H25ClFN3O4. The third kappa shape index (κ3) is 5.95. The van der Waals surface area contributed by atoms with Gasteiger partial charge in [-0.2, -0.15) is 0 Å². The van der Waals surface area contributed by atoms with Gasteiger partial charge >= 0.3 is 12.1 Å². The lowest BCUT2D eigenvalue weighted by molar-refractivity contribution is 0.0125. The van der Waals surface area contributed by atoms with Gasteiger partial charge in [0.1, 0.15) is 22.5 Å². The number of amides is 1. The van der Waals surface area contributed by atoms with E-state index in [1.165, 1.54) is 17.2 Å². The van der Waals surface area contributed by atoms with E-state index in [2.05, 4.69) is 10.3 Å². The summed E-state index contributed by atoms with van der Waals surface area (Å²) in [7, 11) is 0. The van der Waals surface area contributed by atoms with Crippen molar-refractivity contribution in [2.75, 3.05) is 25.0 Å². The Labute approximate surface area is 163 Å². The lowest BCUT2D eigenvalue weighted by atomic mass is 10.0. The Morgan fingerprint density at radius 2 is 2.15 bits per heavy atom. The van der Waals surface area contributed by atoms with Crippen molar-refractivity contribution in [3.63, 3.8) is 0 Å². The lowest BCUT2D eigenvalue weighted by Gasteiger charge is -2.36. The number of pyridine rings is 1. The Morgan fingerprint density at radius 1 is 1.44 bits per heavy atom. The number of carbonyl (C=O) groups is 2. The van der Waals surface area contributed by atoms with Crippen molar-refractivity contribution in [1.82, 2.24) is 9.88 Å². The van der Waals surface area contributed by atoms with Crippen LogP contribution in [0.1, 0.15) is 44.5 Å². The molecule has 150 valence electrons. The Hall–Kier alpha value is -2.09. The Balaban J connectivity index is 2.06. The maximum Gasteiger partial charge on any atom is 0.410 e. The average molecular weight is 402 g/mol. The third-order valence-corrected chi connectivity index (χ3v) is 4.11. The van der Waals surface area contributed by atoms with Crippen LogP contribution in [0.2, 0.25) is 5.15 Å². The predicted molar refractivity (Wildman–Crippen MR) is 99.9 cm³/mol. The number of hydrogen-bond acceptors (Lipinski definition) is 6. The number of nitrogens with one attached hydrogen (secondary N) is 1. The smallest absolute Gasteiger partial charge is 0.410 e. The van der Waals surface area contributed by atoms with Gasteiger partial charge in [0.15, 0.2) is 0 Å². The van der Waals surface area contributed by atoms with E-state index in [0.29, 0.717) is 18.7 Å². The largest absolute Gasteiger partial charge is 0.462 e. The first-order valence-corrected chi connectivity index (χ1v) is 9.19. The SMILES string of the molecule is CCOC(=O)c1cnc(Cl)cc1N[C@H]1CCN(C(=O)OC(C)(C)C)C[C@H]1F. The summed E-state index contributed by atoms with van der Waals surface area (Å²) in [4.78, 5) is 29.4. The molecule has 1 aromatic rings. The number of rotatable bonds is 4. The van der Waals surface area contributed by atoms with Crippen molar-refractivity contribution in [2.45, 2.75) is 51.9 Å². The number of alkyl halides is 1. The van der Waals surface area contributed by atoms with Crippen LogP contribution in [0.5, 0.6) is 0 Å². The summed E-state index contributed by atoms with van der Waals surface area (Å²) >= 11 is 5.91. The molecule has 9 heteroatoms. The molecule has 0 saturated carbocycles. The van der Waals surface area contributed by atoms with Gasteiger partial charge in [0, 0.05) is 12.7 Å². The van der Waals surface area contributed by atoms with Crippen LogP contribution < -0.4 is 5.32 Å². The fourth-order valence-corrected chi connectivity index (χ4v) is 2.84. The highest BCUT2D eigenvalue weighted by Crippen LogP contribution is 2.25. The van der Waals surface area contributed by atoms with E-state index in [1.807, 2.05) is 0 Å². The number of likely N-dealkylation sites (tertiary alicyclic amines) is 1. The molecule has 0 unspecified atom stereocenters. The van der Waals surface area contributed by atoms with Crippen LogP contribution in [0.25, 0.3) is 0 Å². The molecule has 0 aliphatic carbocycles. The average Bonchev–Trinajstić information content (AvgIpc) is 2.55. The first kappa shape index (κ1) is 21.2. The Bertz CT molecular complexity index is 696. The fraction of sp³-hybridized carbons (Fsp3) is 0.611. The van der Waals surface area contributed by atoms with Gasteiger partial charge in [-0.25, -0.2) is 19.0 Å². The number of nitrogens with zero attached hydrogens (tertiary/aromatic N) is 2. The van der Waals surface area contributed by atoms with Crippen LogP contribution in [0.3, 0.4) is 0 Å². The number of hydrogen-bond donors (Lipinski definition) is 1. The number of ether oxygens (including phenoxy) is 2. The molecule has 0 radical (unpaired) electrons. The van der Waals surface area contributed by atoms with Gasteiger partial charge in [-0.05, 0) is 40.2 Å². The van der Waals surface area contributed by atoms with Crippen LogP contribution in [-0.2, 0) is 9.47 Å². The van der Waals surface area contributed by atoms with E-state index in [0.717, 1.165) is 0 Å². The molecule has 2 heterocycles. The minimum absolute atomic E-state index is 0.0971. The van der Waals surface area contributed by atoms with E-state index in [4.69, 9.17) is 21.1 Å². The number of esters is 1. The highest BCUT2D eigenvalue weighted by Gasteiger charge is 2.34. The van der Waals surface area contributed by atoms with Crippen molar-refractivity contribution in [2.24, 2.45) is 0 Å². The molecule has 27 heavy (non-hydrogen) atoms.